The zero-order valence-corrected chi connectivity index (χ0v) is 8.25. The summed E-state index contributed by atoms with van der Waals surface area (Å²) in [7, 11) is 0. The van der Waals surface area contributed by atoms with Crippen LogP contribution in [0.25, 0.3) is 0 Å². The maximum atomic E-state index is 11.1. The van der Waals surface area contributed by atoms with Gasteiger partial charge in [0.2, 0.25) is 5.91 Å². The minimum absolute atomic E-state index is 0.0120. The van der Waals surface area contributed by atoms with Crippen molar-refractivity contribution in [3.63, 3.8) is 0 Å². The molecule has 0 aromatic heterocycles. The van der Waals surface area contributed by atoms with Crippen LogP contribution in [0.15, 0.2) is 0 Å². The highest BCUT2D eigenvalue weighted by Crippen LogP contribution is 1.95. The molecule has 0 saturated carbocycles. The molecule has 1 amide bonds. The maximum Gasteiger partial charge on any atom is 0.220 e. The standard InChI is InChI=1S/C9H20N2O2/c1-8(12)4-5-9(13)11-7-3-2-6-10/h8,12H,2-7,10H2,1H3,(H,11,13). The average molecular weight is 188 g/mol. The van der Waals surface area contributed by atoms with Gasteiger partial charge in [-0.1, -0.05) is 0 Å². The first kappa shape index (κ1) is 12.4. The summed E-state index contributed by atoms with van der Waals surface area (Å²) in [5.41, 5.74) is 5.30. The van der Waals surface area contributed by atoms with Gasteiger partial charge in [0.1, 0.15) is 0 Å². The van der Waals surface area contributed by atoms with E-state index in [0.29, 0.717) is 25.9 Å². The van der Waals surface area contributed by atoms with E-state index in [0.717, 1.165) is 12.8 Å². The van der Waals surface area contributed by atoms with Crippen LogP contribution in [0.5, 0.6) is 0 Å². The van der Waals surface area contributed by atoms with Gasteiger partial charge in [0.25, 0.3) is 0 Å². The number of rotatable bonds is 7. The maximum absolute atomic E-state index is 11.1. The Morgan fingerprint density at radius 1 is 1.54 bits per heavy atom. The highest BCUT2D eigenvalue weighted by atomic mass is 16.3. The van der Waals surface area contributed by atoms with Gasteiger partial charge in [0.15, 0.2) is 0 Å². The molecule has 0 saturated heterocycles. The number of aliphatic hydroxyl groups is 1. The molecule has 0 heterocycles. The Labute approximate surface area is 79.5 Å². The molecule has 1 atom stereocenters. The van der Waals surface area contributed by atoms with Gasteiger partial charge in [-0.05, 0) is 32.7 Å². The van der Waals surface area contributed by atoms with Crippen LogP contribution in [-0.4, -0.2) is 30.2 Å². The fraction of sp³-hybridized carbons (Fsp3) is 0.889. The second-order valence-electron chi connectivity index (χ2n) is 3.23. The van der Waals surface area contributed by atoms with Crippen LogP contribution in [-0.2, 0) is 4.79 Å². The highest BCUT2D eigenvalue weighted by molar-refractivity contribution is 5.75. The highest BCUT2D eigenvalue weighted by Gasteiger charge is 2.02. The molecule has 0 spiro atoms. The van der Waals surface area contributed by atoms with Crippen LogP contribution in [0.3, 0.4) is 0 Å². The monoisotopic (exact) mass is 188 g/mol. The van der Waals surface area contributed by atoms with E-state index in [4.69, 9.17) is 10.8 Å². The van der Waals surface area contributed by atoms with Gasteiger partial charge in [-0.15, -0.1) is 0 Å². The summed E-state index contributed by atoms with van der Waals surface area (Å²) in [6, 6.07) is 0. The first-order valence-electron chi connectivity index (χ1n) is 4.81. The second-order valence-corrected chi connectivity index (χ2v) is 3.23. The molecule has 1 unspecified atom stereocenters. The lowest BCUT2D eigenvalue weighted by atomic mass is 10.2. The lowest BCUT2D eigenvalue weighted by molar-refractivity contribution is -0.121. The Hall–Kier alpha value is -0.610. The third-order valence-electron chi connectivity index (χ3n) is 1.74. The van der Waals surface area contributed by atoms with Crippen molar-refractivity contribution in [1.82, 2.24) is 5.32 Å². The van der Waals surface area contributed by atoms with Crippen molar-refractivity contribution in [2.45, 2.75) is 38.7 Å². The molecule has 0 aliphatic heterocycles. The molecule has 0 bridgehead atoms. The Morgan fingerprint density at radius 2 is 2.23 bits per heavy atom. The van der Waals surface area contributed by atoms with Crippen LogP contribution in [0.2, 0.25) is 0 Å². The van der Waals surface area contributed by atoms with Crippen molar-refractivity contribution in [3.8, 4) is 0 Å². The van der Waals surface area contributed by atoms with Crippen molar-refractivity contribution in [3.05, 3.63) is 0 Å². The van der Waals surface area contributed by atoms with Gasteiger partial charge in [0.05, 0.1) is 6.10 Å². The minimum Gasteiger partial charge on any atom is -0.393 e. The Balaban J connectivity index is 3.20. The number of hydrogen-bond acceptors (Lipinski definition) is 3. The summed E-state index contributed by atoms with van der Waals surface area (Å²) in [6.07, 6.45) is 2.41. The summed E-state index contributed by atoms with van der Waals surface area (Å²) < 4.78 is 0. The van der Waals surface area contributed by atoms with Crippen molar-refractivity contribution in [1.29, 1.82) is 0 Å². The van der Waals surface area contributed by atoms with Crippen LogP contribution in [0, 0.1) is 0 Å². The van der Waals surface area contributed by atoms with Gasteiger partial charge in [0, 0.05) is 13.0 Å². The predicted octanol–water partition coefficient (Wildman–Crippen LogP) is 0.00250. The number of nitrogens with one attached hydrogen (secondary N) is 1. The fourth-order valence-corrected chi connectivity index (χ4v) is 0.926. The van der Waals surface area contributed by atoms with E-state index in [-0.39, 0.29) is 5.91 Å². The van der Waals surface area contributed by atoms with Gasteiger partial charge in [-0.3, -0.25) is 4.79 Å². The minimum atomic E-state index is -0.394. The van der Waals surface area contributed by atoms with Gasteiger partial charge < -0.3 is 16.2 Å². The first-order valence-corrected chi connectivity index (χ1v) is 4.81. The van der Waals surface area contributed by atoms with E-state index >= 15 is 0 Å². The van der Waals surface area contributed by atoms with Crippen molar-refractivity contribution in [2.24, 2.45) is 5.73 Å². The van der Waals surface area contributed by atoms with Crippen LogP contribution in [0.1, 0.15) is 32.6 Å². The summed E-state index contributed by atoms with van der Waals surface area (Å²) >= 11 is 0. The summed E-state index contributed by atoms with van der Waals surface area (Å²) in [5.74, 6) is 0.0120. The summed E-state index contributed by atoms with van der Waals surface area (Å²) in [5, 5.41) is 11.7. The molecule has 0 radical (unpaired) electrons. The molecular formula is C9H20N2O2. The van der Waals surface area contributed by atoms with Gasteiger partial charge >= 0.3 is 0 Å². The van der Waals surface area contributed by atoms with Crippen molar-refractivity contribution < 1.29 is 9.90 Å². The molecular weight excluding hydrogens is 168 g/mol. The Kier molecular flexibility index (Phi) is 7.63. The first-order chi connectivity index (χ1) is 6.16. The molecule has 4 nitrogen and oxygen atoms in total. The number of nitrogens with two attached hydrogens (primary N) is 1. The van der Waals surface area contributed by atoms with E-state index in [1.165, 1.54) is 0 Å². The topological polar surface area (TPSA) is 75.3 Å². The van der Waals surface area contributed by atoms with E-state index in [2.05, 4.69) is 5.32 Å². The van der Waals surface area contributed by atoms with Gasteiger partial charge in [-0.25, -0.2) is 0 Å². The fourth-order valence-electron chi connectivity index (χ4n) is 0.926. The second kappa shape index (κ2) is 8.01. The third kappa shape index (κ3) is 9.30. The number of aliphatic hydroxyl groups excluding tert-OH is 1. The van der Waals surface area contributed by atoms with E-state index in [1.54, 1.807) is 6.92 Å². The summed E-state index contributed by atoms with van der Waals surface area (Å²) in [4.78, 5) is 11.1. The van der Waals surface area contributed by atoms with Crippen LogP contribution < -0.4 is 11.1 Å². The molecule has 4 heteroatoms. The molecule has 0 aliphatic carbocycles. The summed E-state index contributed by atoms with van der Waals surface area (Å²) in [6.45, 7) is 3.04. The number of carbonyl (C=O) groups is 1. The van der Waals surface area contributed by atoms with Gasteiger partial charge in [-0.2, -0.15) is 0 Å². The van der Waals surface area contributed by atoms with Crippen molar-refractivity contribution in [2.75, 3.05) is 13.1 Å². The normalized spacial score (nSPS) is 12.5. The molecule has 0 rings (SSSR count). The Morgan fingerprint density at radius 3 is 2.77 bits per heavy atom. The SMILES string of the molecule is CC(O)CCC(=O)NCCCCN. The largest absolute Gasteiger partial charge is 0.393 e. The Bertz CT molecular complexity index is 138. The smallest absolute Gasteiger partial charge is 0.220 e. The number of hydrogen-bond donors (Lipinski definition) is 3. The molecule has 0 aromatic carbocycles. The lowest BCUT2D eigenvalue weighted by Crippen LogP contribution is -2.25. The third-order valence-corrected chi connectivity index (χ3v) is 1.74. The predicted molar refractivity (Wildman–Crippen MR) is 52.2 cm³/mol. The molecule has 0 aromatic rings. The molecule has 0 aliphatic rings. The lowest BCUT2D eigenvalue weighted by Gasteiger charge is -2.05. The molecule has 4 N–H and O–H groups in total. The quantitative estimate of drug-likeness (QED) is 0.492. The average Bonchev–Trinajstić information content (AvgIpc) is 2.09. The number of unbranched alkanes of at least 4 members (excludes halogenated alkanes) is 1. The van der Waals surface area contributed by atoms with E-state index in [9.17, 15) is 4.79 Å². The van der Waals surface area contributed by atoms with E-state index < -0.39 is 6.10 Å². The zero-order valence-electron chi connectivity index (χ0n) is 8.25. The number of amides is 1. The van der Waals surface area contributed by atoms with Crippen LogP contribution in [0.4, 0.5) is 0 Å². The zero-order chi connectivity index (χ0) is 10.1. The molecule has 78 valence electrons. The van der Waals surface area contributed by atoms with Crippen molar-refractivity contribution >= 4 is 5.91 Å². The van der Waals surface area contributed by atoms with Crippen LogP contribution >= 0.6 is 0 Å². The number of carbonyl (C=O) groups excluding carboxylic acids is 1. The molecule has 13 heavy (non-hydrogen) atoms. The molecule has 0 fully saturated rings. The van der Waals surface area contributed by atoms with E-state index in [1.807, 2.05) is 0 Å².